The summed E-state index contributed by atoms with van der Waals surface area (Å²) in [5, 5.41) is 4.02. The van der Waals surface area contributed by atoms with Crippen molar-refractivity contribution in [1.82, 2.24) is 10.1 Å². The summed E-state index contributed by atoms with van der Waals surface area (Å²) in [6, 6.07) is 11.5. The van der Waals surface area contributed by atoms with Crippen LogP contribution in [-0.2, 0) is 4.79 Å². The van der Waals surface area contributed by atoms with E-state index in [9.17, 15) is 4.79 Å². The number of hydrogen-bond donors (Lipinski definition) is 0. The first-order valence-electron chi connectivity index (χ1n) is 7.56. The number of thioether (sulfide) groups is 1. The van der Waals surface area contributed by atoms with Crippen LogP contribution in [0.3, 0.4) is 0 Å². The van der Waals surface area contributed by atoms with Crippen molar-refractivity contribution < 1.29 is 13.7 Å². The van der Waals surface area contributed by atoms with E-state index in [-0.39, 0.29) is 11.8 Å². The van der Waals surface area contributed by atoms with Crippen LogP contribution in [0.5, 0.6) is 0 Å². The monoisotopic (exact) mass is 341 g/mol. The second kappa shape index (κ2) is 6.16. The largest absolute Gasteiger partial charge is 0.459 e. The Kier molecular flexibility index (Phi) is 3.86. The lowest BCUT2D eigenvalue weighted by atomic mass is 10.1. The number of anilines is 1. The summed E-state index contributed by atoms with van der Waals surface area (Å²) in [6.07, 6.45) is 3.95. The minimum absolute atomic E-state index is 0.0719. The van der Waals surface area contributed by atoms with Gasteiger partial charge in [0.25, 0.3) is 5.89 Å². The van der Waals surface area contributed by atoms with Gasteiger partial charge in [-0.05, 0) is 36.6 Å². The molecule has 1 aromatic carbocycles. The summed E-state index contributed by atoms with van der Waals surface area (Å²) < 4.78 is 10.5. The molecule has 0 spiro atoms. The highest BCUT2D eigenvalue weighted by molar-refractivity contribution is 7.98. The number of benzene rings is 1. The van der Waals surface area contributed by atoms with E-state index in [1.165, 1.54) is 0 Å². The Morgan fingerprint density at radius 1 is 1.29 bits per heavy atom. The van der Waals surface area contributed by atoms with Crippen molar-refractivity contribution >= 4 is 23.4 Å². The first kappa shape index (κ1) is 15.0. The molecule has 1 saturated heterocycles. The van der Waals surface area contributed by atoms with Gasteiger partial charge in [-0.3, -0.25) is 4.79 Å². The maximum Gasteiger partial charge on any atom is 0.293 e. The number of rotatable bonds is 4. The summed E-state index contributed by atoms with van der Waals surface area (Å²) in [4.78, 5) is 19.7. The highest BCUT2D eigenvalue weighted by Gasteiger charge is 2.34. The molecule has 7 heteroatoms. The van der Waals surface area contributed by atoms with E-state index >= 15 is 0 Å². The van der Waals surface area contributed by atoms with Gasteiger partial charge < -0.3 is 13.8 Å². The highest BCUT2D eigenvalue weighted by atomic mass is 32.2. The standard InChI is InChI=1S/C17H15N3O3S/c1-24-13-5-2-4-12(9-13)20-10-11(8-15(20)21)16-18-17(23-19-16)14-6-3-7-22-14/h2-7,9,11H,8,10H2,1H3. The van der Waals surface area contributed by atoms with Gasteiger partial charge in [0.05, 0.1) is 6.26 Å². The third kappa shape index (κ3) is 2.71. The Morgan fingerprint density at radius 2 is 2.21 bits per heavy atom. The number of furan rings is 1. The van der Waals surface area contributed by atoms with Crippen LogP contribution in [0.1, 0.15) is 18.2 Å². The number of aromatic nitrogens is 2. The molecule has 2 aromatic heterocycles. The molecule has 1 atom stereocenters. The molecular weight excluding hydrogens is 326 g/mol. The summed E-state index contributed by atoms with van der Waals surface area (Å²) in [5.41, 5.74) is 0.907. The first-order valence-corrected chi connectivity index (χ1v) is 8.79. The fourth-order valence-electron chi connectivity index (χ4n) is 2.81. The van der Waals surface area contributed by atoms with Gasteiger partial charge in [0.2, 0.25) is 5.91 Å². The third-order valence-corrected chi connectivity index (χ3v) is 4.75. The van der Waals surface area contributed by atoms with Crippen molar-refractivity contribution in [3.05, 3.63) is 48.5 Å². The summed E-state index contributed by atoms with van der Waals surface area (Å²) in [7, 11) is 0. The van der Waals surface area contributed by atoms with Crippen LogP contribution < -0.4 is 4.90 Å². The molecule has 0 N–H and O–H groups in total. The molecule has 0 saturated carbocycles. The first-order chi connectivity index (χ1) is 11.7. The molecule has 1 amide bonds. The third-order valence-electron chi connectivity index (χ3n) is 4.03. The van der Waals surface area contributed by atoms with Crippen LogP contribution in [0.2, 0.25) is 0 Å². The molecule has 4 rings (SSSR count). The van der Waals surface area contributed by atoms with Gasteiger partial charge in [-0.2, -0.15) is 4.98 Å². The van der Waals surface area contributed by atoms with Gasteiger partial charge in [0.1, 0.15) is 0 Å². The molecule has 6 nitrogen and oxygen atoms in total. The SMILES string of the molecule is CSc1cccc(N2CC(c3noc(-c4ccco4)n3)CC2=O)c1. The molecule has 0 bridgehead atoms. The molecule has 1 fully saturated rings. The molecule has 1 aliphatic heterocycles. The van der Waals surface area contributed by atoms with Crippen molar-refractivity contribution in [2.24, 2.45) is 0 Å². The number of nitrogens with zero attached hydrogens (tertiary/aromatic N) is 3. The van der Waals surface area contributed by atoms with Gasteiger partial charge in [-0.15, -0.1) is 11.8 Å². The van der Waals surface area contributed by atoms with Crippen molar-refractivity contribution in [1.29, 1.82) is 0 Å². The van der Waals surface area contributed by atoms with Crippen molar-refractivity contribution in [2.75, 3.05) is 17.7 Å². The Hall–Kier alpha value is -2.54. The van der Waals surface area contributed by atoms with Crippen molar-refractivity contribution in [2.45, 2.75) is 17.2 Å². The van der Waals surface area contributed by atoms with E-state index in [1.54, 1.807) is 35.1 Å². The Balaban J connectivity index is 1.55. The number of amides is 1. The minimum Gasteiger partial charge on any atom is -0.459 e. The van der Waals surface area contributed by atoms with E-state index < -0.39 is 0 Å². The van der Waals surface area contributed by atoms with E-state index in [1.807, 2.05) is 30.5 Å². The topological polar surface area (TPSA) is 72.4 Å². The fraction of sp³-hybridized carbons (Fsp3) is 0.235. The second-order valence-electron chi connectivity index (χ2n) is 5.54. The number of hydrogen-bond acceptors (Lipinski definition) is 6. The second-order valence-corrected chi connectivity index (χ2v) is 6.42. The van der Waals surface area contributed by atoms with E-state index in [0.717, 1.165) is 10.6 Å². The lowest BCUT2D eigenvalue weighted by molar-refractivity contribution is -0.117. The molecular formula is C17H15N3O3S. The van der Waals surface area contributed by atoms with Gasteiger partial charge in [-0.25, -0.2) is 0 Å². The molecule has 1 unspecified atom stereocenters. The van der Waals surface area contributed by atoms with Crippen LogP contribution in [0.4, 0.5) is 5.69 Å². The van der Waals surface area contributed by atoms with Crippen molar-refractivity contribution in [3.8, 4) is 11.7 Å². The Morgan fingerprint density at radius 3 is 3.00 bits per heavy atom. The summed E-state index contributed by atoms with van der Waals surface area (Å²) >= 11 is 1.65. The van der Waals surface area contributed by atoms with Gasteiger partial charge >= 0.3 is 0 Å². The van der Waals surface area contributed by atoms with Gasteiger partial charge in [0.15, 0.2) is 11.6 Å². The minimum atomic E-state index is -0.0807. The van der Waals surface area contributed by atoms with E-state index in [2.05, 4.69) is 10.1 Å². The predicted octanol–water partition coefficient (Wildman–Crippen LogP) is 3.57. The van der Waals surface area contributed by atoms with E-state index in [0.29, 0.717) is 30.4 Å². The molecule has 24 heavy (non-hydrogen) atoms. The van der Waals surface area contributed by atoms with Crippen LogP contribution in [0.15, 0.2) is 56.5 Å². The van der Waals surface area contributed by atoms with Gasteiger partial charge in [0, 0.05) is 29.5 Å². The average Bonchev–Trinajstić information content (AvgIpc) is 3.34. The van der Waals surface area contributed by atoms with Gasteiger partial charge in [-0.1, -0.05) is 11.2 Å². The molecule has 0 radical (unpaired) electrons. The van der Waals surface area contributed by atoms with Crippen LogP contribution >= 0.6 is 11.8 Å². The zero-order valence-electron chi connectivity index (χ0n) is 13.0. The molecule has 0 aliphatic carbocycles. The Labute approximate surface area is 142 Å². The summed E-state index contributed by atoms with van der Waals surface area (Å²) in [6.45, 7) is 0.549. The normalized spacial score (nSPS) is 17.6. The predicted molar refractivity (Wildman–Crippen MR) is 89.9 cm³/mol. The maximum absolute atomic E-state index is 12.4. The van der Waals surface area contributed by atoms with Crippen LogP contribution in [0, 0.1) is 0 Å². The molecule has 3 heterocycles. The van der Waals surface area contributed by atoms with Crippen molar-refractivity contribution in [3.63, 3.8) is 0 Å². The summed E-state index contributed by atoms with van der Waals surface area (Å²) in [5.74, 6) is 1.40. The zero-order chi connectivity index (χ0) is 16.5. The smallest absolute Gasteiger partial charge is 0.293 e. The lowest BCUT2D eigenvalue weighted by Crippen LogP contribution is -2.24. The quantitative estimate of drug-likeness (QED) is 0.676. The van der Waals surface area contributed by atoms with Crippen LogP contribution in [0.25, 0.3) is 11.7 Å². The molecule has 1 aliphatic rings. The number of carbonyl (C=O) groups is 1. The maximum atomic E-state index is 12.4. The van der Waals surface area contributed by atoms with Crippen LogP contribution in [-0.4, -0.2) is 28.8 Å². The molecule has 122 valence electrons. The fourth-order valence-corrected chi connectivity index (χ4v) is 3.26. The highest BCUT2D eigenvalue weighted by Crippen LogP contribution is 2.32. The average molecular weight is 341 g/mol. The lowest BCUT2D eigenvalue weighted by Gasteiger charge is -2.16. The molecule has 3 aromatic rings. The number of carbonyl (C=O) groups excluding carboxylic acids is 1. The van der Waals surface area contributed by atoms with E-state index in [4.69, 9.17) is 8.94 Å². The zero-order valence-corrected chi connectivity index (χ0v) is 13.8. The Bertz CT molecular complexity index is 860.